The number of hydrogen-bond acceptors (Lipinski definition) is 0. The summed E-state index contributed by atoms with van der Waals surface area (Å²) < 4.78 is 0. The smallest absolute Gasteiger partial charge is 0.0662 e. The average molecular weight is 438 g/mol. The van der Waals surface area contributed by atoms with E-state index in [4.69, 9.17) is 0 Å². The molecule has 2 atom stereocenters. The van der Waals surface area contributed by atoms with E-state index < -0.39 is 7.92 Å². The van der Waals surface area contributed by atoms with Crippen molar-refractivity contribution >= 4 is 34.0 Å². The van der Waals surface area contributed by atoms with E-state index in [1.54, 1.807) is 16.2 Å². The van der Waals surface area contributed by atoms with E-state index in [0.717, 1.165) is 5.66 Å². The van der Waals surface area contributed by atoms with Gasteiger partial charge in [-0.05, 0) is 49.1 Å². The van der Waals surface area contributed by atoms with Gasteiger partial charge in [0, 0.05) is 33.2 Å². The van der Waals surface area contributed by atoms with Crippen molar-refractivity contribution in [3.8, 4) is 0 Å². The Balaban J connectivity index is 0.00000210. The van der Waals surface area contributed by atoms with Crippen LogP contribution < -0.4 is 15.8 Å². The van der Waals surface area contributed by atoms with Crippen LogP contribution in [0.15, 0.2) is 84.9 Å². The largest absolute Gasteiger partial charge is 0.0970 e. The summed E-state index contributed by atoms with van der Waals surface area (Å²) in [6.45, 7) is 0. The van der Waals surface area contributed by atoms with Crippen LogP contribution in [0.25, 0.3) is 0 Å². The van der Waals surface area contributed by atoms with Crippen molar-refractivity contribution in [1.82, 2.24) is 0 Å². The minimum Gasteiger partial charge on any atom is -0.0662 e. The molecule has 3 heteroatoms. The van der Waals surface area contributed by atoms with Crippen LogP contribution in [0.2, 0.25) is 0 Å². The van der Waals surface area contributed by atoms with Gasteiger partial charge in [-0.15, -0.1) is 0 Å². The standard InChI is InChI=1S/C24H26PSi.Cu/c26-24-18-10-8-16-22(24)21-15-7-9-17-23(21)25(19-11-3-1-4-12-19)20-13-5-2-6-14-20;/h1-6,8,10-14,16,18,21,23H,7,9,15,17,26H2;/p+1. The second kappa shape index (κ2) is 9.85. The van der Waals surface area contributed by atoms with E-state index in [1.165, 1.54) is 30.9 Å². The molecule has 0 N–H and O–H groups in total. The van der Waals surface area contributed by atoms with Gasteiger partial charge >= 0.3 is 0 Å². The molecule has 0 amide bonds. The maximum atomic E-state index is 2.39. The summed E-state index contributed by atoms with van der Waals surface area (Å²) in [6.07, 6.45) is 5.45. The van der Waals surface area contributed by atoms with Gasteiger partial charge in [0.2, 0.25) is 0 Å². The average Bonchev–Trinajstić information content (AvgIpc) is 2.71. The first-order valence-corrected chi connectivity index (χ1v) is 12.0. The first-order chi connectivity index (χ1) is 12.8. The molecule has 2 unspecified atom stereocenters. The van der Waals surface area contributed by atoms with Gasteiger partial charge in [0.05, 0.1) is 24.2 Å². The van der Waals surface area contributed by atoms with Crippen LogP contribution in [0.5, 0.6) is 0 Å². The molecule has 3 aromatic rings. The van der Waals surface area contributed by atoms with Gasteiger partial charge in [-0.1, -0.05) is 72.3 Å². The molecule has 0 spiro atoms. The van der Waals surface area contributed by atoms with Crippen molar-refractivity contribution < 1.29 is 17.1 Å². The van der Waals surface area contributed by atoms with Gasteiger partial charge in [-0.25, -0.2) is 0 Å². The molecule has 1 aliphatic rings. The fourth-order valence-electron chi connectivity index (χ4n) is 4.57. The molecule has 0 heterocycles. The summed E-state index contributed by atoms with van der Waals surface area (Å²) in [7, 11) is 1.25. The van der Waals surface area contributed by atoms with Crippen molar-refractivity contribution in [2.45, 2.75) is 37.3 Å². The molecule has 3 aromatic carbocycles. The fraction of sp³-hybridized carbons (Fsp3) is 0.250. The number of benzene rings is 3. The third-order valence-electron chi connectivity index (χ3n) is 5.76. The molecule has 0 nitrogen and oxygen atoms in total. The normalized spacial score (nSPS) is 19.5. The third-order valence-corrected chi connectivity index (χ3v) is 9.75. The van der Waals surface area contributed by atoms with Crippen molar-refractivity contribution in [2.75, 3.05) is 0 Å². The quantitative estimate of drug-likeness (QED) is 0.429. The first-order valence-electron chi connectivity index (χ1n) is 9.73. The Morgan fingerprint density at radius 1 is 0.667 bits per heavy atom. The predicted molar refractivity (Wildman–Crippen MR) is 120 cm³/mol. The molecule has 1 saturated carbocycles. The molecule has 1 fully saturated rings. The molecule has 0 saturated heterocycles. The van der Waals surface area contributed by atoms with E-state index in [2.05, 4.69) is 95.2 Å². The van der Waals surface area contributed by atoms with Crippen LogP contribution in [0.4, 0.5) is 0 Å². The summed E-state index contributed by atoms with van der Waals surface area (Å²) in [4.78, 5) is 0. The Morgan fingerprint density at radius 3 is 1.78 bits per heavy atom. The number of hydrogen-bond donors (Lipinski definition) is 0. The van der Waals surface area contributed by atoms with Crippen LogP contribution in [-0.4, -0.2) is 15.9 Å². The molecule has 2 radical (unpaired) electrons. The maximum Gasteiger partial charge on any atom is 0.0970 e. The second-order valence-corrected chi connectivity index (χ2v) is 10.8. The van der Waals surface area contributed by atoms with Gasteiger partial charge in [-0.3, -0.25) is 0 Å². The van der Waals surface area contributed by atoms with E-state index in [-0.39, 0.29) is 17.1 Å². The van der Waals surface area contributed by atoms with Gasteiger partial charge in [0.15, 0.2) is 0 Å². The summed E-state index contributed by atoms with van der Waals surface area (Å²) in [5.41, 5.74) is 2.37. The molecule has 0 bridgehead atoms. The van der Waals surface area contributed by atoms with Gasteiger partial charge in [-0.2, -0.15) is 0 Å². The van der Waals surface area contributed by atoms with Crippen molar-refractivity contribution in [3.63, 3.8) is 0 Å². The minimum atomic E-state index is -0.809. The van der Waals surface area contributed by atoms with Crippen LogP contribution in [0.3, 0.4) is 0 Å². The SMILES string of the molecule is [Cu].[SiH2]c1ccccc1C1CCCCC1[PH+](c1ccccc1)c1ccccc1. The Kier molecular flexibility index (Phi) is 7.50. The molecule has 4 rings (SSSR count). The van der Waals surface area contributed by atoms with E-state index in [1.807, 2.05) is 0 Å². The summed E-state index contributed by atoms with van der Waals surface area (Å²) in [5.74, 6) is 0.701. The second-order valence-electron chi connectivity index (χ2n) is 7.34. The van der Waals surface area contributed by atoms with Gasteiger partial charge in [0.1, 0.15) is 0 Å². The van der Waals surface area contributed by atoms with Crippen molar-refractivity contribution in [3.05, 3.63) is 90.5 Å². The zero-order valence-electron chi connectivity index (χ0n) is 15.6. The van der Waals surface area contributed by atoms with Crippen LogP contribution >= 0.6 is 7.92 Å². The molecule has 1 aliphatic carbocycles. The molecule has 0 aliphatic heterocycles. The molecule has 27 heavy (non-hydrogen) atoms. The topological polar surface area (TPSA) is 0 Å². The Hall–Kier alpha value is -1.17. The zero-order valence-corrected chi connectivity index (χ0v) is 18.9. The van der Waals surface area contributed by atoms with E-state index in [9.17, 15) is 0 Å². The maximum absolute atomic E-state index is 2.39. The first kappa shape index (κ1) is 20.6. The van der Waals surface area contributed by atoms with Gasteiger partial charge in [0.25, 0.3) is 0 Å². The summed E-state index contributed by atoms with van der Waals surface area (Å²) in [5, 5.41) is 4.63. The monoisotopic (exact) mass is 437 g/mol. The molecular weight excluding hydrogens is 411 g/mol. The number of rotatable bonds is 4. The van der Waals surface area contributed by atoms with Gasteiger partial charge < -0.3 is 0 Å². The van der Waals surface area contributed by atoms with Crippen molar-refractivity contribution in [2.24, 2.45) is 0 Å². The Labute approximate surface area is 178 Å². The molecule has 0 aromatic heterocycles. The minimum absolute atomic E-state index is 0. The summed E-state index contributed by atoms with van der Waals surface area (Å²) in [6, 6.07) is 31.7. The Morgan fingerprint density at radius 2 is 1.19 bits per heavy atom. The van der Waals surface area contributed by atoms with E-state index in [0.29, 0.717) is 5.92 Å². The zero-order chi connectivity index (χ0) is 17.8. The van der Waals surface area contributed by atoms with Crippen LogP contribution in [0.1, 0.15) is 37.2 Å². The Bertz CT molecular complexity index is 798. The van der Waals surface area contributed by atoms with Crippen LogP contribution in [-0.2, 0) is 17.1 Å². The van der Waals surface area contributed by atoms with Crippen molar-refractivity contribution in [1.29, 1.82) is 0 Å². The molecular formula is C24H27CuPSi+. The molecule has 142 valence electrons. The fourth-order valence-corrected chi connectivity index (χ4v) is 8.63. The third kappa shape index (κ3) is 4.64. The summed E-state index contributed by atoms with van der Waals surface area (Å²) >= 11 is 0. The predicted octanol–water partition coefficient (Wildman–Crippen LogP) is 3.83. The van der Waals surface area contributed by atoms with Crippen LogP contribution in [0, 0.1) is 0 Å². The van der Waals surface area contributed by atoms with E-state index >= 15 is 0 Å².